The van der Waals surface area contributed by atoms with Crippen LogP contribution in [0.4, 0.5) is 0 Å². The van der Waals surface area contributed by atoms with Crippen molar-refractivity contribution in [3.8, 4) is 0 Å². The molecule has 19 heavy (non-hydrogen) atoms. The van der Waals surface area contributed by atoms with Gasteiger partial charge >= 0.3 is 0 Å². The van der Waals surface area contributed by atoms with Crippen LogP contribution in [0.3, 0.4) is 0 Å². The molecule has 4 heteroatoms. The Hall–Kier alpha value is 0.1000. The lowest BCUT2D eigenvalue weighted by molar-refractivity contribution is 0.106. The maximum absolute atomic E-state index is 5.98. The smallest absolute Gasteiger partial charge is 0.0331 e. The molecule has 2 nitrogen and oxygen atoms in total. The van der Waals surface area contributed by atoms with Gasteiger partial charge in [-0.1, -0.05) is 19.8 Å². The highest BCUT2D eigenvalue weighted by atomic mass is 79.9. The third-order valence-electron chi connectivity index (χ3n) is 4.31. The minimum Gasteiger partial charge on any atom is -0.330 e. The zero-order valence-corrected chi connectivity index (χ0v) is 14.4. The number of aryl methyl sites for hydroxylation is 1. The van der Waals surface area contributed by atoms with Crippen LogP contribution in [0.1, 0.15) is 42.4 Å². The highest BCUT2D eigenvalue weighted by Gasteiger charge is 2.28. The average molecular weight is 345 g/mol. The predicted octanol–water partition coefficient (Wildman–Crippen LogP) is 4.16. The van der Waals surface area contributed by atoms with Crippen LogP contribution in [0.15, 0.2) is 10.5 Å². The summed E-state index contributed by atoms with van der Waals surface area (Å²) < 4.78 is 1.25. The molecule has 2 N–H and O–H groups in total. The summed E-state index contributed by atoms with van der Waals surface area (Å²) in [6.45, 7) is 7.49. The van der Waals surface area contributed by atoms with Crippen molar-refractivity contribution in [2.75, 3.05) is 13.1 Å². The Labute approximate surface area is 129 Å². The first kappa shape index (κ1) is 15.5. The number of nitrogens with zero attached hydrogens (tertiary/aromatic N) is 1. The van der Waals surface area contributed by atoms with E-state index < -0.39 is 0 Å². The molecule has 0 saturated heterocycles. The number of rotatable bonds is 5. The Bertz CT molecular complexity index is 385. The van der Waals surface area contributed by atoms with E-state index in [0.717, 1.165) is 19.6 Å². The second kappa shape index (κ2) is 7.21. The van der Waals surface area contributed by atoms with Gasteiger partial charge in [0.15, 0.2) is 0 Å². The molecule has 1 aromatic rings. The van der Waals surface area contributed by atoms with Crippen molar-refractivity contribution in [3.05, 3.63) is 20.3 Å². The molecular weight excluding hydrogens is 320 g/mol. The van der Waals surface area contributed by atoms with Gasteiger partial charge in [0.2, 0.25) is 0 Å². The molecule has 0 spiro atoms. The van der Waals surface area contributed by atoms with E-state index >= 15 is 0 Å². The van der Waals surface area contributed by atoms with Crippen LogP contribution in [0.25, 0.3) is 0 Å². The van der Waals surface area contributed by atoms with Gasteiger partial charge in [0, 0.05) is 26.8 Å². The van der Waals surface area contributed by atoms with Crippen molar-refractivity contribution < 1.29 is 0 Å². The van der Waals surface area contributed by atoms with Crippen LogP contribution in [0.2, 0.25) is 0 Å². The summed E-state index contributed by atoms with van der Waals surface area (Å²) in [6.07, 6.45) is 5.36. The van der Waals surface area contributed by atoms with E-state index in [0.29, 0.717) is 12.0 Å². The Kier molecular flexibility index (Phi) is 5.87. The standard InChI is InChI=1S/C15H25BrN2S/c1-3-18(10-13-8-14(16)11(2)19-13)15-7-5-4-6-12(15)9-17/h8,12,15H,3-7,9-10,17H2,1-2H3. The molecule has 108 valence electrons. The Morgan fingerprint density at radius 3 is 2.74 bits per heavy atom. The lowest BCUT2D eigenvalue weighted by Gasteiger charge is -2.39. The SMILES string of the molecule is CCN(Cc1cc(Br)c(C)s1)C1CCCCC1CN. The summed E-state index contributed by atoms with van der Waals surface area (Å²) in [7, 11) is 0. The first-order chi connectivity index (χ1) is 9.15. The van der Waals surface area contributed by atoms with Crippen LogP contribution in [-0.4, -0.2) is 24.0 Å². The lowest BCUT2D eigenvalue weighted by atomic mass is 9.83. The molecule has 2 atom stereocenters. The van der Waals surface area contributed by atoms with E-state index in [1.807, 2.05) is 11.3 Å². The van der Waals surface area contributed by atoms with Crippen molar-refractivity contribution in [3.63, 3.8) is 0 Å². The number of nitrogens with two attached hydrogens (primary N) is 1. The highest BCUT2D eigenvalue weighted by molar-refractivity contribution is 9.10. The molecule has 1 fully saturated rings. The molecule has 0 bridgehead atoms. The summed E-state index contributed by atoms with van der Waals surface area (Å²) in [4.78, 5) is 5.48. The van der Waals surface area contributed by atoms with Crippen LogP contribution < -0.4 is 5.73 Å². The first-order valence-corrected chi connectivity index (χ1v) is 8.95. The fourth-order valence-corrected chi connectivity index (χ4v) is 4.83. The van der Waals surface area contributed by atoms with Crippen molar-refractivity contribution >= 4 is 27.3 Å². The Morgan fingerprint density at radius 1 is 1.42 bits per heavy atom. The minimum atomic E-state index is 0.685. The van der Waals surface area contributed by atoms with E-state index in [9.17, 15) is 0 Å². The normalized spacial score (nSPS) is 24.1. The molecule has 1 heterocycles. The summed E-state index contributed by atoms with van der Waals surface area (Å²) in [5.41, 5.74) is 5.98. The maximum atomic E-state index is 5.98. The second-order valence-corrected chi connectivity index (χ2v) is 7.72. The van der Waals surface area contributed by atoms with Crippen molar-refractivity contribution in [2.45, 2.75) is 52.1 Å². The highest BCUT2D eigenvalue weighted by Crippen LogP contribution is 2.31. The zero-order chi connectivity index (χ0) is 13.8. The lowest BCUT2D eigenvalue weighted by Crippen LogP contribution is -2.44. The molecular formula is C15H25BrN2S. The molecule has 0 amide bonds. The summed E-state index contributed by atoms with van der Waals surface area (Å²) in [5, 5.41) is 0. The molecule has 2 unspecified atom stereocenters. The van der Waals surface area contributed by atoms with Crippen LogP contribution in [0, 0.1) is 12.8 Å². The van der Waals surface area contributed by atoms with Gasteiger partial charge in [0.05, 0.1) is 0 Å². The van der Waals surface area contributed by atoms with Gasteiger partial charge in [0.1, 0.15) is 0 Å². The third-order valence-corrected chi connectivity index (χ3v) is 6.44. The maximum Gasteiger partial charge on any atom is 0.0331 e. The quantitative estimate of drug-likeness (QED) is 0.868. The molecule has 1 aliphatic rings. The van der Waals surface area contributed by atoms with Gasteiger partial charge in [-0.25, -0.2) is 0 Å². The van der Waals surface area contributed by atoms with Gasteiger partial charge in [-0.2, -0.15) is 0 Å². The predicted molar refractivity (Wildman–Crippen MR) is 87.6 cm³/mol. The van der Waals surface area contributed by atoms with Crippen molar-refractivity contribution in [1.82, 2.24) is 4.90 Å². The van der Waals surface area contributed by atoms with Gasteiger partial charge < -0.3 is 5.73 Å². The summed E-state index contributed by atoms with van der Waals surface area (Å²) in [5.74, 6) is 0.693. The van der Waals surface area contributed by atoms with E-state index in [2.05, 4.69) is 40.7 Å². The largest absolute Gasteiger partial charge is 0.330 e. The monoisotopic (exact) mass is 344 g/mol. The Balaban J connectivity index is 2.06. The second-order valence-electron chi connectivity index (χ2n) is 5.53. The molecule has 0 aromatic carbocycles. The third kappa shape index (κ3) is 3.81. The van der Waals surface area contributed by atoms with E-state index in [4.69, 9.17) is 5.73 Å². The zero-order valence-electron chi connectivity index (χ0n) is 12.0. The fourth-order valence-electron chi connectivity index (χ4n) is 3.20. The van der Waals surface area contributed by atoms with E-state index in [1.165, 1.54) is 39.9 Å². The molecule has 0 aliphatic heterocycles. The van der Waals surface area contributed by atoms with Crippen molar-refractivity contribution in [2.24, 2.45) is 11.7 Å². The molecule has 1 aromatic heterocycles. The van der Waals surface area contributed by atoms with Gasteiger partial charge in [0.25, 0.3) is 0 Å². The fraction of sp³-hybridized carbons (Fsp3) is 0.733. The number of halogens is 1. The topological polar surface area (TPSA) is 29.3 Å². The van der Waals surface area contributed by atoms with Gasteiger partial charge in [-0.3, -0.25) is 4.90 Å². The minimum absolute atomic E-state index is 0.685. The molecule has 1 saturated carbocycles. The van der Waals surface area contributed by atoms with Gasteiger partial charge in [-0.15, -0.1) is 11.3 Å². The van der Waals surface area contributed by atoms with E-state index in [1.54, 1.807) is 0 Å². The number of hydrogen-bond acceptors (Lipinski definition) is 3. The summed E-state index contributed by atoms with van der Waals surface area (Å²) in [6, 6.07) is 2.97. The van der Waals surface area contributed by atoms with E-state index in [-0.39, 0.29) is 0 Å². The van der Waals surface area contributed by atoms with Crippen molar-refractivity contribution in [1.29, 1.82) is 0 Å². The summed E-state index contributed by atoms with van der Waals surface area (Å²) >= 11 is 5.53. The molecule has 0 radical (unpaired) electrons. The number of thiophene rings is 1. The van der Waals surface area contributed by atoms with Gasteiger partial charge in [-0.05, 0) is 60.8 Å². The average Bonchev–Trinajstić information content (AvgIpc) is 2.75. The first-order valence-electron chi connectivity index (χ1n) is 7.34. The van der Waals surface area contributed by atoms with Crippen LogP contribution in [-0.2, 0) is 6.54 Å². The molecule has 1 aliphatic carbocycles. The number of hydrogen-bond donors (Lipinski definition) is 1. The van der Waals surface area contributed by atoms with Crippen LogP contribution >= 0.6 is 27.3 Å². The Morgan fingerprint density at radius 2 is 2.16 bits per heavy atom. The van der Waals surface area contributed by atoms with Crippen LogP contribution in [0.5, 0.6) is 0 Å². The molecule has 2 rings (SSSR count).